The van der Waals surface area contributed by atoms with Gasteiger partial charge in [0.25, 0.3) is 0 Å². The molecule has 0 spiro atoms. The molecule has 8 heteroatoms. The monoisotopic (exact) mass is 356 g/mol. The van der Waals surface area contributed by atoms with Crippen molar-refractivity contribution in [2.45, 2.75) is 4.90 Å². The SMILES string of the molecule is O=C1CN(S(=O)(=O)c2ccc3c(c2)C(=O)c2ccccc2-3)CC(=O)N1. The highest BCUT2D eigenvalue weighted by Crippen LogP contribution is 2.37. The fourth-order valence-electron chi connectivity index (χ4n) is 3.10. The van der Waals surface area contributed by atoms with Crippen LogP contribution >= 0.6 is 0 Å². The van der Waals surface area contributed by atoms with Gasteiger partial charge in [-0.2, -0.15) is 4.31 Å². The van der Waals surface area contributed by atoms with E-state index >= 15 is 0 Å². The molecule has 2 aliphatic rings. The Hall–Kier alpha value is -2.84. The zero-order valence-electron chi connectivity index (χ0n) is 12.9. The van der Waals surface area contributed by atoms with Crippen LogP contribution in [0.25, 0.3) is 11.1 Å². The van der Waals surface area contributed by atoms with Gasteiger partial charge in [-0.1, -0.05) is 30.3 Å². The van der Waals surface area contributed by atoms with Crippen molar-refractivity contribution in [2.24, 2.45) is 0 Å². The quantitative estimate of drug-likeness (QED) is 0.676. The minimum atomic E-state index is -4.06. The molecule has 25 heavy (non-hydrogen) atoms. The van der Waals surface area contributed by atoms with Gasteiger partial charge in [0.2, 0.25) is 21.8 Å². The number of hydrogen-bond acceptors (Lipinski definition) is 5. The molecule has 1 N–H and O–H groups in total. The number of sulfonamides is 1. The zero-order valence-corrected chi connectivity index (χ0v) is 13.7. The molecule has 1 heterocycles. The Kier molecular flexibility index (Phi) is 3.34. The molecule has 1 aliphatic heterocycles. The first kappa shape index (κ1) is 15.7. The lowest BCUT2D eigenvalue weighted by atomic mass is 10.1. The van der Waals surface area contributed by atoms with Gasteiger partial charge in [-0.15, -0.1) is 0 Å². The molecule has 1 fully saturated rings. The number of carbonyl (C=O) groups excluding carboxylic acids is 3. The van der Waals surface area contributed by atoms with Crippen LogP contribution in [0.1, 0.15) is 15.9 Å². The fraction of sp³-hybridized carbons (Fsp3) is 0.118. The molecule has 2 aromatic rings. The number of amides is 2. The summed E-state index contributed by atoms with van der Waals surface area (Å²) < 4.78 is 26.3. The topological polar surface area (TPSA) is 101 Å². The number of benzene rings is 2. The summed E-state index contributed by atoms with van der Waals surface area (Å²) in [6.45, 7) is -0.862. The molecule has 0 radical (unpaired) electrons. The van der Waals surface area contributed by atoms with E-state index in [0.717, 1.165) is 9.87 Å². The Balaban J connectivity index is 1.77. The summed E-state index contributed by atoms with van der Waals surface area (Å²) in [4.78, 5) is 35.3. The normalized spacial score (nSPS) is 17.2. The minimum Gasteiger partial charge on any atom is -0.294 e. The molecule has 0 saturated carbocycles. The van der Waals surface area contributed by atoms with Gasteiger partial charge in [0.05, 0.1) is 18.0 Å². The molecule has 0 bridgehead atoms. The van der Waals surface area contributed by atoms with E-state index in [1.165, 1.54) is 12.1 Å². The van der Waals surface area contributed by atoms with Crippen LogP contribution in [-0.2, 0) is 19.6 Å². The van der Waals surface area contributed by atoms with E-state index in [4.69, 9.17) is 0 Å². The van der Waals surface area contributed by atoms with Crippen molar-refractivity contribution < 1.29 is 22.8 Å². The minimum absolute atomic E-state index is 0.116. The average Bonchev–Trinajstić information content (AvgIpc) is 2.87. The van der Waals surface area contributed by atoms with Crippen molar-refractivity contribution in [3.63, 3.8) is 0 Å². The number of nitrogens with zero attached hydrogens (tertiary/aromatic N) is 1. The van der Waals surface area contributed by atoms with Crippen LogP contribution < -0.4 is 5.32 Å². The van der Waals surface area contributed by atoms with Crippen molar-refractivity contribution in [3.8, 4) is 11.1 Å². The second kappa shape index (κ2) is 5.33. The van der Waals surface area contributed by atoms with E-state index in [9.17, 15) is 22.8 Å². The van der Waals surface area contributed by atoms with E-state index < -0.39 is 34.9 Å². The van der Waals surface area contributed by atoms with Crippen LogP contribution in [0.5, 0.6) is 0 Å². The summed E-state index contributed by atoms with van der Waals surface area (Å²) in [5, 5.41) is 2.06. The Morgan fingerprint density at radius 3 is 2.08 bits per heavy atom. The number of imide groups is 1. The third-order valence-electron chi connectivity index (χ3n) is 4.25. The molecular weight excluding hydrogens is 344 g/mol. The van der Waals surface area contributed by atoms with E-state index in [2.05, 4.69) is 5.32 Å². The predicted molar refractivity (Wildman–Crippen MR) is 87.2 cm³/mol. The Morgan fingerprint density at radius 2 is 1.40 bits per heavy atom. The summed E-state index contributed by atoms with van der Waals surface area (Å²) in [6.07, 6.45) is 0. The average molecular weight is 356 g/mol. The van der Waals surface area contributed by atoms with E-state index in [0.29, 0.717) is 16.7 Å². The molecule has 1 saturated heterocycles. The number of fused-ring (bicyclic) bond motifs is 3. The Bertz CT molecular complexity index is 1040. The smallest absolute Gasteiger partial charge is 0.244 e. The summed E-state index contributed by atoms with van der Waals surface area (Å²) in [7, 11) is -4.06. The van der Waals surface area contributed by atoms with Crippen LogP contribution in [0.4, 0.5) is 0 Å². The van der Waals surface area contributed by atoms with Gasteiger partial charge in [0, 0.05) is 11.1 Å². The zero-order chi connectivity index (χ0) is 17.8. The highest BCUT2D eigenvalue weighted by molar-refractivity contribution is 7.89. The van der Waals surface area contributed by atoms with Gasteiger partial charge in [0.1, 0.15) is 0 Å². The van der Waals surface area contributed by atoms with Crippen LogP contribution in [0, 0.1) is 0 Å². The van der Waals surface area contributed by atoms with Crippen LogP contribution in [0.2, 0.25) is 0 Å². The van der Waals surface area contributed by atoms with Crippen molar-refractivity contribution >= 4 is 27.6 Å². The van der Waals surface area contributed by atoms with Gasteiger partial charge in [-0.3, -0.25) is 19.7 Å². The highest BCUT2D eigenvalue weighted by atomic mass is 32.2. The van der Waals surface area contributed by atoms with E-state index in [-0.39, 0.29) is 10.7 Å². The van der Waals surface area contributed by atoms with Crippen LogP contribution in [0.3, 0.4) is 0 Å². The first-order chi connectivity index (χ1) is 11.9. The number of piperazine rings is 1. The molecule has 2 amide bonds. The Labute approximate surface area is 143 Å². The molecule has 2 aromatic carbocycles. The van der Waals surface area contributed by atoms with Crippen molar-refractivity contribution in [1.29, 1.82) is 0 Å². The summed E-state index contributed by atoms with van der Waals surface area (Å²) >= 11 is 0. The molecule has 0 atom stereocenters. The molecule has 0 unspecified atom stereocenters. The van der Waals surface area contributed by atoms with Crippen LogP contribution in [0.15, 0.2) is 47.4 Å². The summed E-state index contributed by atoms with van der Waals surface area (Å²) in [5.74, 6) is -1.59. The van der Waals surface area contributed by atoms with Crippen molar-refractivity contribution in [1.82, 2.24) is 9.62 Å². The van der Waals surface area contributed by atoms with Crippen molar-refractivity contribution in [3.05, 3.63) is 53.6 Å². The van der Waals surface area contributed by atoms with E-state index in [1.54, 1.807) is 24.3 Å². The molecule has 1 aliphatic carbocycles. The number of hydrogen-bond donors (Lipinski definition) is 1. The first-order valence-electron chi connectivity index (χ1n) is 7.49. The number of rotatable bonds is 2. The van der Waals surface area contributed by atoms with Gasteiger partial charge in [-0.05, 0) is 23.3 Å². The van der Waals surface area contributed by atoms with Gasteiger partial charge in [-0.25, -0.2) is 8.42 Å². The molecule has 4 rings (SSSR count). The predicted octanol–water partition coefficient (Wildman–Crippen LogP) is 0.545. The third-order valence-corrected chi connectivity index (χ3v) is 6.04. The third kappa shape index (κ3) is 2.38. The Morgan fingerprint density at radius 1 is 0.800 bits per heavy atom. The molecular formula is C17H12N2O5S. The second-order valence-electron chi connectivity index (χ2n) is 5.83. The second-order valence-corrected chi connectivity index (χ2v) is 7.76. The number of carbonyl (C=O) groups is 3. The maximum atomic E-state index is 12.7. The maximum Gasteiger partial charge on any atom is 0.244 e. The first-order valence-corrected chi connectivity index (χ1v) is 8.93. The fourth-order valence-corrected chi connectivity index (χ4v) is 4.48. The number of nitrogens with one attached hydrogen (secondary N) is 1. The van der Waals surface area contributed by atoms with E-state index in [1.807, 2.05) is 6.07 Å². The standard InChI is InChI=1S/C17H12N2O5S/c20-15-8-19(9-16(21)18-15)25(23,24)10-5-6-12-11-3-1-2-4-13(11)17(22)14(12)7-10/h1-7H,8-9H2,(H,18,20,21). The lowest BCUT2D eigenvalue weighted by Crippen LogP contribution is -2.53. The number of ketones is 1. The van der Waals surface area contributed by atoms with Gasteiger partial charge in [0.15, 0.2) is 5.78 Å². The molecule has 126 valence electrons. The lowest BCUT2D eigenvalue weighted by molar-refractivity contribution is -0.134. The summed E-state index contributed by atoms with van der Waals surface area (Å²) in [5.41, 5.74) is 2.26. The maximum absolute atomic E-state index is 12.7. The van der Waals surface area contributed by atoms with Crippen LogP contribution in [-0.4, -0.2) is 43.4 Å². The van der Waals surface area contributed by atoms with Gasteiger partial charge >= 0.3 is 0 Å². The molecule has 0 aromatic heterocycles. The lowest BCUT2D eigenvalue weighted by Gasteiger charge is -2.24. The van der Waals surface area contributed by atoms with Gasteiger partial charge < -0.3 is 0 Å². The largest absolute Gasteiger partial charge is 0.294 e. The van der Waals surface area contributed by atoms with Crippen molar-refractivity contribution in [2.75, 3.05) is 13.1 Å². The summed E-state index contributed by atoms with van der Waals surface area (Å²) in [6, 6.07) is 11.3. The highest BCUT2D eigenvalue weighted by Gasteiger charge is 2.34. The molecule has 7 nitrogen and oxygen atoms in total.